The second kappa shape index (κ2) is 7.58. The molecular weight excluding hydrogens is 390 g/mol. The molecule has 11 heteroatoms. The Morgan fingerprint density at radius 3 is 2.57 bits per heavy atom. The zero-order valence-electron chi connectivity index (χ0n) is 15.1. The molecule has 10 nitrogen and oxygen atoms in total. The fraction of sp³-hybridized carbons (Fsp3) is 0.412. The van der Waals surface area contributed by atoms with Gasteiger partial charge < -0.3 is 9.64 Å². The van der Waals surface area contributed by atoms with E-state index in [2.05, 4.69) is 5.10 Å². The summed E-state index contributed by atoms with van der Waals surface area (Å²) < 4.78 is 28.7. The van der Waals surface area contributed by atoms with E-state index < -0.39 is 52.0 Å². The molecule has 3 rings (SSSR count). The van der Waals surface area contributed by atoms with Gasteiger partial charge in [-0.3, -0.25) is 24.3 Å². The van der Waals surface area contributed by atoms with E-state index >= 15 is 0 Å². The first-order valence-corrected chi connectivity index (χ1v) is 10.3. The zero-order chi connectivity index (χ0) is 20.5. The minimum atomic E-state index is -3.15. The summed E-state index contributed by atoms with van der Waals surface area (Å²) in [5.74, 6) is -1.52. The van der Waals surface area contributed by atoms with Gasteiger partial charge in [0.25, 0.3) is 17.0 Å². The molecule has 1 aromatic heterocycles. The fourth-order valence-electron chi connectivity index (χ4n) is 3.06. The number of fused-ring (bicyclic) bond motifs is 1. The Balaban J connectivity index is 1.63. The molecule has 1 aliphatic heterocycles. The molecule has 1 saturated heterocycles. The summed E-state index contributed by atoms with van der Waals surface area (Å²) >= 11 is 0. The number of hydrogen-bond donors (Lipinski definition) is 1. The average molecular weight is 409 g/mol. The number of ether oxygens (including phenoxy) is 1. The van der Waals surface area contributed by atoms with Crippen LogP contribution in [0.1, 0.15) is 6.42 Å². The number of H-pyrrole nitrogens is 1. The van der Waals surface area contributed by atoms with Crippen molar-refractivity contribution >= 4 is 32.5 Å². The molecule has 0 radical (unpaired) electrons. The van der Waals surface area contributed by atoms with Gasteiger partial charge in [0.05, 0.1) is 22.3 Å². The molecule has 2 aromatic rings. The molecule has 1 amide bonds. The van der Waals surface area contributed by atoms with Crippen LogP contribution in [0.25, 0.3) is 10.8 Å². The van der Waals surface area contributed by atoms with Crippen LogP contribution in [-0.4, -0.2) is 66.2 Å². The number of rotatable bonds is 5. The highest BCUT2D eigenvalue weighted by atomic mass is 32.2. The van der Waals surface area contributed by atoms with Gasteiger partial charge in [-0.15, -0.1) is 0 Å². The molecule has 0 bridgehead atoms. The Morgan fingerprint density at radius 2 is 1.93 bits per heavy atom. The number of carbonyl (C=O) groups excluding carboxylic acids is 2. The number of esters is 1. The van der Waals surface area contributed by atoms with Crippen LogP contribution in [0.2, 0.25) is 0 Å². The Hall–Kier alpha value is -2.95. The number of benzene rings is 1. The van der Waals surface area contributed by atoms with Gasteiger partial charge in [0.2, 0.25) is 0 Å². The number of nitrogens with one attached hydrogen (secondary N) is 1. The lowest BCUT2D eigenvalue weighted by molar-refractivity contribution is -0.152. The van der Waals surface area contributed by atoms with Crippen molar-refractivity contribution in [1.82, 2.24) is 14.7 Å². The lowest BCUT2D eigenvalue weighted by Gasteiger charge is -2.23. The third-order valence-electron chi connectivity index (χ3n) is 4.68. The van der Waals surface area contributed by atoms with E-state index in [0.717, 1.165) is 4.68 Å². The highest BCUT2D eigenvalue weighted by molar-refractivity contribution is 7.91. The summed E-state index contributed by atoms with van der Waals surface area (Å²) in [6.07, 6.45) is 0.340. The van der Waals surface area contributed by atoms with Crippen molar-refractivity contribution in [2.24, 2.45) is 0 Å². The number of likely N-dealkylation sites (N-methyl/N-ethyl adjacent to an activating group) is 1. The number of carbonyl (C=O) groups is 2. The molecule has 1 aliphatic rings. The molecule has 1 N–H and O–H groups in total. The van der Waals surface area contributed by atoms with Gasteiger partial charge in [0, 0.05) is 13.1 Å². The van der Waals surface area contributed by atoms with Crippen LogP contribution in [-0.2, 0) is 30.7 Å². The molecular formula is C17H19N3O7S. The Bertz CT molecular complexity index is 1150. The number of sulfone groups is 1. The van der Waals surface area contributed by atoms with E-state index in [1.54, 1.807) is 12.1 Å². The number of aromatic amines is 1. The Morgan fingerprint density at radius 1 is 1.25 bits per heavy atom. The maximum atomic E-state index is 12.4. The largest absolute Gasteiger partial charge is 0.454 e. The van der Waals surface area contributed by atoms with Gasteiger partial charge >= 0.3 is 5.97 Å². The summed E-state index contributed by atoms with van der Waals surface area (Å²) in [6, 6.07) is 5.74. The van der Waals surface area contributed by atoms with Gasteiger partial charge in [-0.1, -0.05) is 12.1 Å². The van der Waals surface area contributed by atoms with Crippen molar-refractivity contribution in [2.75, 3.05) is 25.2 Å². The smallest absolute Gasteiger partial charge is 0.328 e. The highest BCUT2D eigenvalue weighted by Gasteiger charge is 2.32. The molecule has 1 atom stereocenters. The number of nitrogens with zero attached hydrogens (tertiary/aromatic N) is 2. The van der Waals surface area contributed by atoms with Crippen molar-refractivity contribution in [3.63, 3.8) is 0 Å². The first kappa shape index (κ1) is 19.8. The highest BCUT2D eigenvalue weighted by Crippen LogP contribution is 2.16. The molecule has 0 saturated carbocycles. The average Bonchev–Trinajstić information content (AvgIpc) is 3.03. The second-order valence-corrected chi connectivity index (χ2v) is 8.83. The minimum Gasteiger partial charge on any atom is -0.454 e. The lowest BCUT2D eigenvalue weighted by Crippen LogP contribution is -2.40. The quantitative estimate of drug-likeness (QED) is 0.618. The van der Waals surface area contributed by atoms with E-state index in [1.165, 1.54) is 24.1 Å². The lowest BCUT2D eigenvalue weighted by atomic mass is 10.2. The van der Waals surface area contributed by atoms with Crippen LogP contribution in [0.4, 0.5) is 0 Å². The first-order chi connectivity index (χ1) is 13.2. The summed E-state index contributed by atoms with van der Waals surface area (Å²) in [5.41, 5.74) is -1.09. The fourth-order valence-corrected chi connectivity index (χ4v) is 4.84. The van der Waals surface area contributed by atoms with E-state index in [9.17, 15) is 27.6 Å². The Kier molecular flexibility index (Phi) is 5.36. The topological polar surface area (TPSA) is 136 Å². The molecule has 150 valence electrons. The molecule has 0 aliphatic carbocycles. The van der Waals surface area contributed by atoms with Crippen LogP contribution in [0.5, 0.6) is 0 Å². The SMILES string of the molecule is CN(C(=O)COC(=O)Cn1[nH]c(=O)c2ccccc2c1=O)C1CCS(=O)(=O)C1. The summed E-state index contributed by atoms with van der Waals surface area (Å²) in [6.45, 7) is -1.15. The van der Waals surface area contributed by atoms with E-state index in [1.807, 2.05) is 0 Å². The van der Waals surface area contributed by atoms with E-state index in [-0.39, 0.29) is 22.3 Å². The van der Waals surface area contributed by atoms with Crippen LogP contribution >= 0.6 is 0 Å². The van der Waals surface area contributed by atoms with Crippen LogP contribution in [0, 0.1) is 0 Å². The molecule has 1 unspecified atom stereocenters. The number of amides is 1. The van der Waals surface area contributed by atoms with Gasteiger partial charge in [0.15, 0.2) is 16.4 Å². The number of hydrogen-bond acceptors (Lipinski definition) is 7. The van der Waals surface area contributed by atoms with Crippen molar-refractivity contribution in [2.45, 2.75) is 19.0 Å². The van der Waals surface area contributed by atoms with Gasteiger partial charge in [-0.25, -0.2) is 13.1 Å². The maximum absolute atomic E-state index is 12.4. The van der Waals surface area contributed by atoms with Crippen molar-refractivity contribution in [3.05, 3.63) is 45.0 Å². The van der Waals surface area contributed by atoms with E-state index in [4.69, 9.17) is 4.74 Å². The zero-order valence-corrected chi connectivity index (χ0v) is 15.9. The third kappa shape index (κ3) is 4.14. The van der Waals surface area contributed by atoms with E-state index in [0.29, 0.717) is 6.42 Å². The normalized spacial score (nSPS) is 18.1. The molecule has 2 heterocycles. The third-order valence-corrected chi connectivity index (χ3v) is 6.43. The van der Waals surface area contributed by atoms with Crippen LogP contribution in [0.3, 0.4) is 0 Å². The monoisotopic (exact) mass is 409 g/mol. The summed E-state index contributed by atoms with van der Waals surface area (Å²) in [5, 5.41) is 2.67. The Labute approximate surface area is 159 Å². The van der Waals surface area contributed by atoms with Crippen LogP contribution < -0.4 is 11.1 Å². The predicted molar refractivity (Wildman–Crippen MR) is 99.6 cm³/mol. The molecule has 28 heavy (non-hydrogen) atoms. The van der Waals surface area contributed by atoms with Gasteiger partial charge in [-0.2, -0.15) is 0 Å². The maximum Gasteiger partial charge on any atom is 0.328 e. The predicted octanol–water partition coefficient (Wildman–Crippen LogP) is -1.12. The summed E-state index contributed by atoms with van der Waals surface area (Å²) in [4.78, 5) is 49.7. The molecule has 1 fully saturated rings. The van der Waals surface area contributed by atoms with Crippen LogP contribution in [0.15, 0.2) is 33.9 Å². The first-order valence-electron chi connectivity index (χ1n) is 8.51. The minimum absolute atomic E-state index is 0.0211. The van der Waals surface area contributed by atoms with Crippen molar-refractivity contribution < 1.29 is 22.7 Å². The number of aromatic nitrogens is 2. The second-order valence-electron chi connectivity index (χ2n) is 6.60. The molecule has 0 spiro atoms. The van der Waals surface area contributed by atoms with Gasteiger partial charge in [0.1, 0.15) is 6.54 Å². The van der Waals surface area contributed by atoms with Crippen molar-refractivity contribution in [3.8, 4) is 0 Å². The van der Waals surface area contributed by atoms with Gasteiger partial charge in [-0.05, 0) is 18.6 Å². The standard InChI is InChI=1S/C17H19N3O7S/c1-19(11-6-7-28(25,26)10-11)14(21)9-27-15(22)8-20-17(24)13-5-3-2-4-12(13)16(23)18-20/h2-5,11H,6-10H2,1H3,(H,18,23). The molecule has 1 aromatic carbocycles. The van der Waals surface area contributed by atoms with Crippen molar-refractivity contribution in [1.29, 1.82) is 0 Å². The summed E-state index contributed by atoms with van der Waals surface area (Å²) in [7, 11) is -1.69.